The zero-order chi connectivity index (χ0) is 19.1. The molecule has 0 radical (unpaired) electrons. The Bertz CT molecular complexity index is 958. The van der Waals surface area contributed by atoms with Gasteiger partial charge in [-0.2, -0.15) is 0 Å². The molecule has 0 aliphatic carbocycles. The zero-order valence-electron chi connectivity index (χ0n) is 15.2. The molecular formula is C21H21N3O3. The molecule has 3 aromatic rings. The normalized spacial score (nSPS) is 10.4. The van der Waals surface area contributed by atoms with E-state index in [2.05, 4.69) is 28.9 Å². The molecule has 2 heterocycles. The number of benzene rings is 1. The number of hydrogen-bond donors (Lipinski definition) is 1. The average molecular weight is 363 g/mol. The Hall–Kier alpha value is -3.17. The molecule has 1 aromatic carbocycles. The third-order valence-corrected chi connectivity index (χ3v) is 4.11. The summed E-state index contributed by atoms with van der Waals surface area (Å²) in [5.41, 5.74) is 2.20. The average Bonchev–Trinajstić information content (AvgIpc) is 3.34. The van der Waals surface area contributed by atoms with E-state index in [9.17, 15) is 4.79 Å². The molecule has 0 atom stereocenters. The first-order chi connectivity index (χ1) is 13.2. The zero-order valence-corrected chi connectivity index (χ0v) is 15.2. The molecule has 0 amide bonds. The Balaban J connectivity index is 1.64. The molecule has 0 saturated heterocycles. The van der Waals surface area contributed by atoms with Crippen molar-refractivity contribution in [3.05, 3.63) is 71.1 Å². The van der Waals surface area contributed by atoms with Crippen LogP contribution in [0.3, 0.4) is 0 Å². The smallest absolute Gasteiger partial charge is 0.210 e. The second-order valence-corrected chi connectivity index (χ2v) is 6.09. The van der Waals surface area contributed by atoms with Gasteiger partial charge in [-0.1, -0.05) is 30.1 Å². The van der Waals surface area contributed by atoms with Crippen LogP contribution in [0, 0.1) is 11.8 Å². The Morgan fingerprint density at radius 1 is 1.26 bits per heavy atom. The van der Waals surface area contributed by atoms with E-state index in [1.54, 1.807) is 30.5 Å². The summed E-state index contributed by atoms with van der Waals surface area (Å²) in [7, 11) is 0. The summed E-state index contributed by atoms with van der Waals surface area (Å²) >= 11 is 0. The molecule has 0 aliphatic rings. The molecule has 1 N–H and O–H groups in total. The van der Waals surface area contributed by atoms with Gasteiger partial charge in [0.15, 0.2) is 5.78 Å². The third kappa shape index (κ3) is 4.93. The maximum Gasteiger partial charge on any atom is 0.210 e. The van der Waals surface area contributed by atoms with Gasteiger partial charge in [-0.05, 0) is 24.5 Å². The van der Waals surface area contributed by atoms with Crippen LogP contribution in [0.5, 0.6) is 0 Å². The van der Waals surface area contributed by atoms with E-state index in [4.69, 9.17) is 9.63 Å². The number of aryl methyl sites for hydroxylation is 1. The van der Waals surface area contributed by atoms with Gasteiger partial charge in [-0.25, -0.2) is 4.98 Å². The van der Waals surface area contributed by atoms with Crippen LogP contribution in [0.4, 0.5) is 0 Å². The van der Waals surface area contributed by atoms with Gasteiger partial charge in [-0.3, -0.25) is 4.79 Å². The highest BCUT2D eigenvalue weighted by molar-refractivity contribution is 5.96. The fourth-order valence-electron chi connectivity index (χ4n) is 2.68. The van der Waals surface area contributed by atoms with Crippen molar-refractivity contribution in [2.45, 2.75) is 32.7 Å². The van der Waals surface area contributed by atoms with Crippen LogP contribution >= 0.6 is 0 Å². The van der Waals surface area contributed by atoms with E-state index >= 15 is 0 Å². The van der Waals surface area contributed by atoms with E-state index in [0.29, 0.717) is 30.7 Å². The lowest BCUT2D eigenvalue weighted by molar-refractivity contribution is 0.0971. The van der Waals surface area contributed by atoms with Gasteiger partial charge >= 0.3 is 0 Å². The van der Waals surface area contributed by atoms with Crippen LogP contribution in [0.2, 0.25) is 0 Å². The summed E-state index contributed by atoms with van der Waals surface area (Å²) in [5.74, 6) is 7.48. The first-order valence-electron chi connectivity index (χ1n) is 8.91. The lowest BCUT2D eigenvalue weighted by Crippen LogP contribution is -2.03. The molecular weight excluding hydrogens is 342 g/mol. The highest BCUT2D eigenvalue weighted by Crippen LogP contribution is 2.09. The second-order valence-electron chi connectivity index (χ2n) is 6.09. The monoisotopic (exact) mass is 363 g/mol. The Kier molecular flexibility index (Phi) is 6.18. The van der Waals surface area contributed by atoms with Crippen LogP contribution in [0.15, 0.2) is 47.2 Å². The van der Waals surface area contributed by atoms with Crippen molar-refractivity contribution in [3.63, 3.8) is 0 Å². The Morgan fingerprint density at radius 3 is 2.81 bits per heavy atom. The molecule has 3 rings (SSSR count). The minimum Gasteiger partial charge on any atom is -0.396 e. The SMILES string of the molecule is CCc1nccn1Cc1cc(C#Cc2ccc(C(=O)CCCO)cc2)on1. The number of carbonyl (C=O) groups is 1. The van der Waals surface area contributed by atoms with E-state index in [-0.39, 0.29) is 12.4 Å². The molecule has 0 fully saturated rings. The van der Waals surface area contributed by atoms with Gasteiger partial charge in [0.2, 0.25) is 5.76 Å². The lowest BCUT2D eigenvalue weighted by atomic mass is 10.1. The quantitative estimate of drug-likeness (QED) is 0.516. The maximum atomic E-state index is 11.9. The van der Waals surface area contributed by atoms with Crippen LogP contribution in [0.1, 0.15) is 53.0 Å². The summed E-state index contributed by atoms with van der Waals surface area (Å²) in [5, 5.41) is 12.8. The Morgan fingerprint density at radius 2 is 2.07 bits per heavy atom. The summed E-state index contributed by atoms with van der Waals surface area (Å²) < 4.78 is 7.31. The molecule has 2 aromatic heterocycles. The number of carbonyl (C=O) groups excluding carboxylic acids is 1. The van der Waals surface area contributed by atoms with Gasteiger partial charge in [0, 0.05) is 49.0 Å². The lowest BCUT2D eigenvalue weighted by Gasteiger charge is -2.02. The molecule has 0 bridgehead atoms. The number of aliphatic hydroxyl groups is 1. The summed E-state index contributed by atoms with van der Waals surface area (Å²) in [4.78, 5) is 16.2. The first-order valence-corrected chi connectivity index (χ1v) is 8.91. The maximum absolute atomic E-state index is 11.9. The van der Waals surface area contributed by atoms with Crippen molar-refractivity contribution in [1.82, 2.24) is 14.7 Å². The summed E-state index contributed by atoms with van der Waals surface area (Å²) in [6.45, 7) is 2.68. The van der Waals surface area contributed by atoms with E-state index in [1.165, 1.54) is 0 Å². The molecule has 0 saturated carbocycles. The fourth-order valence-corrected chi connectivity index (χ4v) is 2.68. The fraction of sp³-hybridized carbons (Fsp3) is 0.286. The van der Waals surface area contributed by atoms with Crippen LogP contribution in [-0.2, 0) is 13.0 Å². The molecule has 138 valence electrons. The number of hydrogen-bond acceptors (Lipinski definition) is 5. The number of Topliss-reactive ketones (excluding diaryl/α,β-unsaturated/α-hetero) is 1. The second kappa shape index (κ2) is 8.97. The van der Waals surface area contributed by atoms with Crippen LogP contribution < -0.4 is 0 Å². The van der Waals surface area contributed by atoms with Crippen molar-refractivity contribution in [2.75, 3.05) is 6.61 Å². The van der Waals surface area contributed by atoms with E-state index < -0.39 is 0 Å². The number of nitrogens with zero attached hydrogens (tertiary/aromatic N) is 3. The molecule has 6 nitrogen and oxygen atoms in total. The summed E-state index contributed by atoms with van der Waals surface area (Å²) in [6, 6.07) is 8.92. The first kappa shape index (κ1) is 18.6. The summed E-state index contributed by atoms with van der Waals surface area (Å²) in [6.07, 6.45) is 5.38. The van der Waals surface area contributed by atoms with Crippen molar-refractivity contribution < 1.29 is 14.4 Å². The topological polar surface area (TPSA) is 81.2 Å². The number of rotatable bonds is 7. The highest BCUT2D eigenvalue weighted by atomic mass is 16.5. The minimum atomic E-state index is 0.0226. The van der Waals surface area contributed by atoms with Crippen molar-refractivity contribution in [2.24, 2.45) is 0 Å². The number of aliphatic hydroxyl groups excluding tert-OH is 1. The molecule has 27 heavy (non-hydrogen) atoms. The Labute approximate surface area is 157 Å². The van der Waals surface area contributed by atoms with Gasteiger partial charge in [0.25, 0.3) is 0 Å². The standard InChI is InChI=1S/C21H21N3O3/c1-2-21-22-11-12-24(21)15-18-14-19(27-23-18)10-7-16-5-8-17(9-6-16)20(26)4-3-13-25/h5-6,8-9,11-12,14,25H,2-4,13,15H2,1H3. The largest absolute Gasteiger partial charge is 0.396 e. The predicted octanol–water partition coefficient (Wildman–Crippen LogP) is 2.84. The van der Waals surface area contributed by atoms with Crippen molar-refractivity contribution >= 4 is 5.78 Å². The molecule has 6 heteroatoms. The molecule has 0 spiro atoms. The highest BCUT2D eigenvalue weighted by Gasteiger charge is 2.07. The third-order valence-electron chi connectivity index (χ3n) is 4.11. The van der Waals surface area contributed by atoms with Crippen LogP contribution in [0.25, 0.3) is 0 Å². The van der Waals surface area contributed by atoms with Gasteiger partial charge in [0.1, 0.15) is 11.5 Å². The van der Waals surface area contributed by atoms with Crippen molar-refractivity contribution in [3.8, 4) is 11.8 Å². The van der Waals surface area contributed by atoms with E-state index in [1.807, 2.05) is 16.8 Å². The number of ketones is 1. The molecule has 0 aliphatic heterocycles. The number of aromatic nitrogens is 3. The number of imidazole rings is 1. The van der Waals surface area contributed by atoms with Crippen LogP contribution in [-0.4, -0.2) is 32.2 Å². The van der Waals surface area contributed by atoms with E-state index in [0.717, 1.165) is 23.5 Å². The minimum absolute atomic E-state index is 0.0226. The predicted molar refractivity (Wildman–Crippen MR) is 100 cm³/mol. The van der Waals surface area contributed by atoms with Gasteiger partial charge < -0.3 is 14.2 Å². The van der Waals surface area contributed by atoms with Gasteiger partial charge in [-0.15, -0.1) is 0 Å². The molecule has 0 unspecified atom stereocenters. The van der Waals surface area contributed by atoms with Gasteiger partial charge in [0.05, 0.1) is 6.54 Å². The van der Waals surface area contributed by atoms with Crippen molar-refractivity contribution in [1.29, 1.82) is 0 Å².